The van der Waals surface area contributed by atoms with Crippen LogP contribution in [-0.4, -0.2) is 21.1 Å². The molecule has 0 radical (unpaired) electrons. The summed E-state index contributed by atoms with van der Waals surface area (Å²) in [7, 11) is 0. The molecule has 0 saturated carbocycles. The second kappa shape index (κ2) is 7.20. The molecular weight excluding hydrogens is 276 g/mol. The first kappa shape index (κ1) is 16.2. The number of rotatable bonds is 6. The van der Waals surface area contributed by atoms with Crippen molar-refractivity contribution in [2.75, 3.05) is 0 Å². The molecule has 0 aliphatic carbocycles. The zero-order valence-corrected chi connectivity index (χ0v) is 13.5. The quantitative estimate of drug-likeness (QED) is 0.861. The highest BCUT2D eigenvalue weighted by Gasteiger charge is 2.22. The minimum absolute atomic E-state index is 0.00875. The van der Waals surface area contributed by atoms with E-state index < -0.39 is 0 Å². The Labute approximate surface area is 131 Å². The molecule has 2 aromatic heterocycles. The predicted octanol–water partition coefficient (Wildman–Crippen LogP) is 3.03. The van der Waals surface area contributed by atoms with Crippen molar-refractivity contribution in [3.05, 3.63) is 48.0 Å². The molecule has 2 heterocycles. The molecule has 0 bridgehead atoms. The van der Waals surface area contributed by atoms with E-state index in [4.69, 9.17) is 0 Å². The molecule has 1 atom stereocenters. The van der Waals surface area contributed by atoms with Gasteiger partial charge in [-0.25, -0.2) is 0 Å². The van der Waals surface area contributed by atoms with E-state index in [1.807, 2.05) is 24.5 Å². The molecule has 0 saturated heterocycles. The Bertz CT molecular complexity index is 572. The molecule has 5 heteroatoms. The van der Waals surface area contributed by atoms with E-state index in [0.717, 1.165) is 17.5 Å². The summed E-state index contributed by atoms with van der Waals surface area (Å²) in [4.78, 5) is 16.4. The van der Waals surface area contributed by atoms with Crippen molar-refractivity contribution in [2.45, 2.75) is 46.1 Å². The Morgan fingerprint density at radius 1 is 1.36 bits per heavy atom. The molecule has 0 unspecified atom stereocenters. The number of nitrogens with one attached hydrogen (secondary N) is 2. The number of carbonyl (C=O) groups is 1. The summed E-state index contributed by atoms with van der Waals surface area (Å²) in [6.07, 6.45) is 9.17. The maximum atomic E-state index is 12.2. The zero-order chi connectivity index (χ0) is 16.0. The molecule has 2 N–H and O–H groups in total. The van der Waals surface area contributed by atoms with E-state index in [-0.39, 0.29) is 17.4 Å². The van der Waals surface area contributed by atoms with Crippen molar-refractivity contribution in [2.24, 2.45) is 5.41 Å². The first-order valence-electron chi connectivity index (χ1n) is 7.61. The van der Waals surface area contributed by atoms with Gasteiger partial charge in [0.1, 0.15) is 0 Å². The topological polar surface area (TPSA) is 70.7 Å². The van der Waals surface area contributed by atoms with Crippen LogP contribution in [0.15, 0.2) is 36.9 Å². The number of H-pyrrole nitrogens is 1. The summed E-state index contributed by atoms with van der Waals surface area (Å²) in [5.74, 6) is 0.0549. The molecule has 118 valence electrons. The molecule has 2 rings (SSSR count). The van der Waals surface area contributed by atoms with Gasteiger partial charge in [0, 0.05) is 25.0 Å². The lowest BCUT2D eigenvalue weighted by Gasteiger charge is -2.27. The van der Waals surface area contributed by atoms with Crippen LogP contribution in [0.25, 0.3) is 0 Å². The number of hydrogen-bond acceptors (Lipinski definition) is 3. The van der Waals surface area contributed by atoms with Crippen molar-refractivity contribution in [3.63, 3.8) is 0 Å². The highest BCUT2D eigenvalue weighted by atomic mass is 16.1. The smallest absolute Gasteiger partial charge is 0.220 e. The minimum Gasteiger partial charge on any atom is -0.349 e. The molecule has 0 aliphatic heterocycles. The molecular formula is C17H24N4O. The lowest BCUT2D eigenvalue weighted by molar-refractivity contribution is -0.122. The number of pyridine rings is 1. The van der Waals surface area contributed by atoms with Crippen molar-refractivity contribution in [1.82, 2.24) is 20.5 Å². The van der Waals surface area contributed by atoms with Crippen LogP contribution in [0, 0.1) is 5.41 Å². The maximum absolute atomic E-state index is 12.2. The van der Waals surface area contributed by atoms with E-state index in [2.05, 4.69) is 41.3 Å². The van der Waals surface area contributed by atoms with E-state index in [1.54, 1.807) is 12.4 Å². The van der Waals surface area contributed by atoms with Gasteiger partial charge in [0.2, 0.25) is 5.91 Å². The molecule has 2 aromatic rings. The lowest BCUT2D eigenvalue weighted by atomic mass is 9.85. The Morgan fingerprint density at radius 2 is 2.18 bits per heavy atom. The predicted molar refractivity (Wildman–Crippen MR) is 86.1 cm³/mol. The van der Waals surface area contributed by atoms with Crippen LogP contribution in [0.4, 0.5) is 0 Å². The number of aryl methyl sites for hydroxylation is 1. The Balaban J connectivity index is 1.98. The van der Waals surface area contributed by atoms with Crippen LogP contribution in [0.1, 0.15) is 50.8 Å². The van der Waals surface area contributed by atoms with Gasteiger partial charge in [0.25, 0.3) is 0 Å². The van der Waals surface area contributed by atoms with Crippen LogP contribution in [0.5, 0.6) is 0 Å². The summed E-state index contributed by atoms with van der Waals surface area (Å²) < 4.78 is 0. The third-order valence-electron chi connectivity index (χ3n) is 3.43. The SMILES string of the molecule is CC(C)(C)C[C@@H](NC(=O)CCc1cn[nH]c1)c1cccnc1. The number of hydrogen-bond donors (Lipinski definition) is 2. The monoisotopic (exact) mass is 300 g/mol. The number of aromatic amines is 1. The van der Waals surface area contributed by atoms with E-state index >= 15 is 0 Å². The van der Waals surface area contributed by atoms with Gasteiger partial charge in [-0.15, -0.1) is 0 Å². The average molecular weight is 300 g/mol. The normalized spacial score (nSPS) is 12.9. The van der Waals surface area contributed by atoms with Gasteiger partial charge >= 0.3 is 0 Å². The Hall–Kier alpha value is -2.17. The fourth-order valence-corrected chi connectivity index (χ4v) is 2.39. The van der Waals surface area contributed by atoms with Crippen molar-refractivity contribution in [1.29, 1.82) is 0 Å². The van der Waals surface area contributed by atoms with E-state index in [9.17, 15) is 4.79 Å². The van der Waals surface area contributed by atoms with Crippen molar-refractivity contribution in [3.8, 4) is 0 Å². The molecule has 1 amide bonds. The molecule has 22 heavy (non-hydrogen) atoms. The summed E-state index contributed by atoms with van der Waals surface area (Å²) in [5.41, 5.74) is 2.22. The third-order valence-corrected chi connectivity index (χ3v) is 3.43. The summed E-state index contributed by atoms with van der Waals surface area (Å²) >= 11 is 0. The van der Waals surface area contributed by atoms with Gasteiger partial charge in [-0.3, -0.25) is 14.9 Å². The van der Waals surface area contributed by atoms with Crippen LogP contribution >= 0.6 is 0 Å². The third kappa shape index (κ3) is 5.31. The zero-order valence-electron chi connectivity index (χ0n) is 13.5. The number of amides is 1. The molecule has 5 nitrogen and oxygen atoms in total. The molecule has 0 fully saturated rings. The number of carbonyl (C=O) groups excluding carboxylic acids is 1. The first-order chi connectivity index (χ1) is 10.4. The van der Waals surface area contributed by atoms with Gasteiger partial charge in [-0.05, 0) is 35.4 Å². The standard InChI is InChI=1S/C17H24N4O/c1-17(2,3)9-15(14-5-4-8-18-12-14)21-16(22)7-6-13-10-19-20-11-13/h4-5,8,10-12,15H,6-7,9H2,1-3H3,(H,19,20)(H,21,22)/t15-/m1/s1. The first-order valence-corrected chi connectivity index (χ1v) is 7.61. The largest absolute Gasteiger partial charge is 0.349 e. The van der Waals surface area contributed by atoms with Gasteiger partial charge in [-0.1, -0.05) is 26.8 Å². The average Bonchev–Trinajstić information content (AvgIpc) is 2.97. The highest BCUT2D eigenvalue weighted by molar-refractivity contribution is 5.76. The van der Waals surface area contributed by atoms with Crippen molar-refractivity contribution < 1.29 is 4.79 Å². The fraction of sp³-hybridized carbons (Fsp3) is 0.471. The van der Waals surface area contributed by atoms with Crippen LogP contribution < -0.4 is 5.32 Å². The molecule has 0 aliphatic rings. The summed E-state index contributed by atoms with van der Waals surface area (Å²) in [5, 5.41) is 9.80. The second-order valence-electron chi connectivity index (χ2n) is 6.78. The Morgan fingerprint density at radius 3 is 2.77 bits per heavy atom. The summed E-state index contributed by atoms with van der Waals surface area (Å²) in [6, 6.07) is 3.91. The van der Waals surface area contributed by atoms with E-state index in [1.165, 1.54) is 0 Å². The maximum Gasteiger partial charge on any atom is 0.220 e. The van der Waals surface area contributed by atoms with Crippen molar-refractivity contribution >= 4 is 5.91 Å². The fourth-order valence-electron chi connectivity index (χ4n) is 2.39. The van der Waals surface area contributed by atoms with Crippen LogP contribution in [0.3, 0.4) is 0 Å². The molecule has 0 aromatic carbocycles. The van der Waals surface area contributed by atoms with Gasteiger partial charge in [0.05, 0.1) is 12.2 Å². The lowest BCUT2D eigenvalue weighted by Crippen LogP contribution is -2.31. The van der Waals surface area contributed by atoms with E-state index in [0.29, 0.717) is 12.8 Å². The second-order valence-corrected chi connectivity index (χ2v) is 6.78. The molecule has 0 spiro atoms. The number of aromatic nitrogens is 3. The minimum atomic E-state index is -0.00875. The summed E-state index contributed by atoms with van der Waals surface area (Å²) in [6.45, 7) is 6.52. The van der Waals surface area contributed by atoms with Crippen LogP contribution in [-0.2, 0) is 11.2 Å². The highest BCUT2D eigenvalue weighted by Crippen LogP contribution is 2.29. The van der Waals surface area contributed by atoms with Gasteiger partial charge in [-0.2, -0.15) is 5.10 Å². The Kier molecular flexibility index (Phi) is 5.31. The van der Waals surface area contributed by atoms with Gasteiger partial charge < -0.3 is 5.32 Å². The van der Waals surface area contributed by atoms with Gasteiger partial charge in [0.15, 0.2) is 0 Å². The number of nitrogens with zero attached hydrogens (tertiary/aromatic N) is 2. The van der Waals surface area contributed by atoms with Crippen LogP contribution in [0.2, 0.25) is 0 Å².